The van der Waals surface area contributed by atoms with E-state index in [2.05, 4.69) is 93.4 Å². The van der Waals surface area contributed by atoms with Crippen molar-refractivity contribution in [3.8, 4) is 11.1 Å². The van der Waals surface area contributed by atoms with Gasteiger partial charge >= 0.3 is 6.18 Å². The summed E-state index contributed by atoms with van der Waals surface area (Å²) >= 11 is 0. The van der Waals surface area contributed by atoms with Crippen LogP contribution in [-0.2, 0) is 6.54 Å². The van der Waals surface area contributed by atoms with Crippen molar-refractivity contribution in [3.05, 3.63) is 109 Å². The lowest BCUT2D eigenvalue weighted by molar-refractivity contribution is -0.0891. The molecule has 2 fully saturated rings. The second-order valence-electron chi connectivity index (χ2n) is 12.6. The predicted molar refractivity (Wildman–Crippen MR) is 195 cm³/mol. The summed E-state index contributed by atoms with van der Waals surface area (Å²) in [5.74, 6) is 0. The lowest BCUT2D eigenvalue weighted by atomic mass is 10.00. The smallest absolute Gasteiger partial charge is 0.393 e. The first-order chi connectivity index (χ1) is 23.0. The molecule has 2 heterocycles. The molecular weight excluding hydrogens is 611 g/mol. The monoisotopic (exact) mass is 663 g/mol. The van der Waals surface area contributed by atoms with Crippen molar-refractivity contribution in [3.63, 3.8) is 0 Å². The van der Waals surface area contributed by atoms with Gasteiger partial charge in [-0.3, -0.25) is 4.90 Å². The van der Waals surface area contributed by atoms with Crippen LogP contribution in [0.2, 0.25) is 0 Å². The van der Waals surface area contributed by atoms with E-state index in [1.807, 2.05) is 6.07 Å². The number of nitrogens with one attached hydrogen (secondary N) is 2. The van der Waals surface area contributed by atoms with Gasteiger partial charge < -0.3 is 31.1 Å². The minimum Gasteiger partial charge on any atom is -0.393 e. The fourth-order valence-corrected chi connectivity index (χ4v) is 6.26. The molecule has 2 saturated heterocycles. The number of piperazine rings is 2. The van der Waals surface area contributed by atoms with Crippen LogP contribution in [0.4, 0.5) is 24.5 Å². The van der Waals surface area contributed by atoms with E-state index in [4.69, 9.17) is 5.73 Å². The summed E-state index contributed by atoms with van der Waals surface area (Å²) < 4.78 is 42.3. The number of rotatable bonds is 15. The molecule has 0 amide bonds. The van der Waals surface area contributed by atoms with Crippen LogP contribution in [0.3, 0.4) is 0 Å². The lowest BCUT2D eigenvalue weighted by Crippen LogP contribution is -2.45. The summed E-state index contributed by atoms with van der Waals surface area (Å²) in [5, 5.41) is 6.03. The fraction of sp³-hybridized carbons (Fsp3) is 0.421. The molecule has 260 valence electrons. The van der Waals surface area contributed by atoms with E-state index in [9.17, 15) is 13.2 Å². The molecule has 0 spiro atoms. The normalized spacial score (nSPS) is 17.0. The fourth-order valence-electron chi connectivity index (χ4n) is 6.26. The van der Waals surface area contributed by atoms with Crippen molar-refractivity contribution in [1.82, 2.24) is 20.0 Å². The van der Waals surface area contributed by atoms with Gasteiger partial charge in [0, 0.05) is 89.1 Å². The van der Waals surface area contributed by atoms with Crippen LogP contribution >= 0.6 is 0 Å². The van der Waals surface area contributed by atoms with Crippen molar-refractivity contribution in [1.29, 1.82) is 0 Å². The molecule has 0 bridgehead atoms. The lowest BCUT2D eigenvalue weighted by Gasteiger charge is -2.37. The molecule has 0 saturated carbocycles. The van der Waals surface area contributed by atoms with Crippen molar-refractivity contribution in [2.24, 2.45) is 5.73 Å². The third-order valence-electron chi connectivity index (χ3n) is 9.03. The average Bonchev–Trinajstić information content (AvgIpc) is 3.07. The van der Waals surface area contributed by atoms with E-state index in [1.165, 1.54) is 17.5 Å². The minimum atomic E-state index is -4.59. The van der Waals surface area contributed by atoms with Crippen molar-refractivity contribution in [2.75, 3.05) is 83.2 Å². The molecule has 4 rings (SSSR count). The van der Waals surface area contributed by atoms with Gasteiger partial charge in [0.25, 0.3) is 0 Å². The molecule has 0 radical (unpaired) electrons. The Hall–Kier alpha value is -3.99. The van der Waals surface area contributed by atoms with Gasteiger partial charge in [0.1, 0.15) is 0 Å². The van der Waals surface area contributed by atoms with E-state index in [1.54, 1.807) is 7.05 Å². The zero-order valence-electron chi connectivity index (χ0n) is 28.6. The number of unbranched alkanes of at least 4 members (excludes halogenated alkanes) is 1. The zero-order chi connectivity index (χ0) is 34.7. The van der Waals surface area contributed by atoms with Crippen molar-refractivity contribution < 1.29 is 13.2 Å². The Morgan fingerprint density at radius 1 is 0.938 bits per heavy atom. The van der Waals surface area contributed by atoms with Crippen LogP contribution < -0.4 is 21.3 Å². The van der Waals surface area contributed by atoms with Gasteiger partial charge in [-0.15, -0.1) is 0 Å². The number of nitrogens with two attached hydrogens (primary N) is 1. The van der Waals surface area contributed by atoms with Gasteiger partial charge in [0.2, 0.25) is 0 Å². The average molecular weight is 664 g/mol. The summed E-state index contributed by atoms with van der Waals surface area (Å²) in [7, 11) is 3.66. The number of likely N-dealkylation sites (N-methyl/N-ethyl adjacent to an activating group) is 1. The van der Waals surface area contributed by atoms with Crippen LogP contribution in [0, 0.1) is 0 Å². The third kappa shape index (κ3) is 10.0. The number of anilines is 2. The highest BCUT2D eigenvalue weighted by molar-refractivity contribution is 5.80. The molecular formula is C38H52F3N7. The molecule has 10 heteroatoms. The molecule has 2 aromatic carbocycles. The first kappa shape index (κ1) is 36.8. The summed E-state index contributed by atoms with van der Waals surface area (Å²) in [6.07, 6.45) is 1.95. The molecule has 0 aliphatic carbocycles. The maximum Gasteiger partial charge on any atom is 0.417 e. The molecule has 48 heavy (non-hydrogen) atoms. The number of benzene rings is 2. The van der Waals surface area contributed by atoms with E-state index in [0.717, 1.165) is 114 Å². The van der Waals surface area contributed by atoms with E-state index < -0.39 is 11.7 Å². The van der Waals surface area contributed by atoms with Crippen LogP contribution in [-0.4, -0.2) is 93.9 Å². The van der Waals surface area contributed by atoms with E-state index in [-0.39, 0.29) is 11.3 Å². The van der Waals surface area contributed by atoms with Crippen molar-refractivity contribution in [2.45, 2.75) is 32.0 Å². The van der Waals surface area contributed by atoms with Gasteiger partial charge in [0.15, 0.2) is 0 Å². The second kappa shape index (κ2) is 17.4. The number of nitrogens with zero attached hydrogens (tertiary/aromatic N) is 4. The summed E-state index contributed by atoms with van der Waals surface area (Å²) in [4.78, 5) is 9.41. The Morgan fingerprint density at radius 3 is 2.29 bits per heavy atom. The molecule has 2 aromatic rings. The Labute approximate surface area is 284 Å². The zero-order valence-corrected chi connectivity index (χ0v) is 28.6. The van der Waals surface area contributed by atoms with Crippen LogP contribution in [0.15, 0.2) is 103 Å². The third-order valence-corrected chi connectivity index (χ3v) is 9.03. The highest BCUT2D eigenvalue weighted by atomic mass is 19.4. The Balaban J connectivity index is 1.56. The second-order valence-corrected chi connectivity index (χ2v) is 12.6. The van der Waals surface area contributed by atoms with Crippen LogP contribution in [0.25, 0.3) is 11.1 Å². The molecule has 2 aliphatic heterocycles. The Bertz CT molecular complexity index is 1460. The van der Waals surface area contributed by atoms with E-state index in [0.29, 0.717) is 5.69 Å². The number of alkyl halides is 3. The van der Waals surface area contributed by atoms with Gasteiger partial charge in [-0.1, -0.05) is 50.1 Å². The summed E-state index contributed by atoms with van der Waals surface area (Å²) in [6.45, 7) is 20.7. The van der Waals surface area contributed by atoms with Gasteiger partial charge in [-0.05, 0) is 73.8 Å². The summed E-state index contributed by atoms with van der Waals surface area (Å²) in [6, 6.07) is 14.7. The number of allylic oxidation sites excluding steroid dienone is 4. The molecule has 0 aromatic heterocycles. The first-order valence-corrected chi connectivity index (χ1v) is 16.8. The predicted octanol–water partition coefficient (Wildman–Crippen LogP) is 6.57. The molecule has 0 unspecified atom stereocenters. The highest BCUT2D eigenvalue weighted by Crippen LogP contribution is 2.38. The topological polar surface area (TPSA) is 63.0 Å². The Kier molecular flexibility index (Phi) is 13.4. The highest BCUT2D eigenvalue weighted by Gasteiger charge is 2.36. The first-order valence-electron chi connectivity index (χ1n) is 16.8. The van der Waals surface area contributed by atoms with Crippen LogP contribution in [0.1, 0.15) is 24.8 Å². The quantitative estimate of drug-likeness (QED) is 0.147. The molecule has 7 nitrogen and oxygen atoms in total. The SMILES string of the molecule is C=C/C=C(\C(=C/NC)C(=C)Nc1cc(-c2cccc(CN3CCN(C(=C)CCCCN)CC3)c2)ccc1N1CCN(C)CC1)C(F)(F)F. The van der Waals surface area contributed by atoms with Crippen molar-refractivity contribution >= 4 is 11.4 Å². The molecule has 0 atom stereocenters. The number of halogens is 3. The van der Waals surface area contributed by atoms with Gasteiger partial charge in [-0.2, -0.15) is 13.2 Å². The maximum absolute atomic E-state index is 14.1. The number of hydrogen-bond acceptors (Lipinski definition) is 7. The Morgan fingerprint density at radius 2 is 1.65 bits per heavy atom. The molecule has 2 aliphatic rings. The minimum absolute atomic E-state index is 0.0825. The molecule has 4 N–H and O–H groups in total. The summed E-state index contributed by atoms with van der Waals surface area (Å²) in [5.41, 5.74) is 11.0. The van der Waals surface area contributed by atoms with E-state index >= 15 is 0 Å². The van der Waals surface area contributed by atoms with Gasteiger partial charge in [-0.25, -0.2) is 0 Å². The largest absolute Gasteiger partial charge is 0.417 e. The maximum atomic E-state index is 14.1. The van der Waals surface area contributed by atoms with Gasteiger partial charge in [0.05, 0.1) is 16.9 Å². The van der Waals surface area contributed by atoms with Crippen LogP contribution in [0.5, 0.6) is 0 Å². The number of hydrogen-bond donors (Lipinski definition) is 3. The standard InChI is InChI=1S/C38H52F3N7/c1-6-10-35(38(39,40)41)34(27-43-4)30(3)44-36-26-33(14-15-37(36)48-21-17-45(5)18-22-48)32-13-9-12-31(25-32)28-46-19-23-47(24-20-46)29(2)11-7-8-16-42/h6,9-10,12-15,25-27,43-44H,1-3,7-8,11,16-24,28,42H2,4-5H3/b34-27-,35-10+.